The fraction of sp³-hybridized carbons (Fsp3) is 0.278. The average molecular weight is 370 g/mol. The standard InChI is InChI=1S/C18H18N4O3S/c1-2-24-14-6-4-3-5-12(14)19-18(23)20-13-9-10-26-15(13)17-21-16(22-25-17)11-7-8-11/h3-6,9-11H,2,7-8H2,1H3,(H2,19,20,23). The molecule has 0 saturated heterocycles. The van der Waals surface area contributed by atoms with Gasteiger partial charge in [0, 0.05) is 5.92 Å². The molecule has 0 bridgehead atoms. The van der Waals surface area contributed by atoms with Crippen LogP contribution in [0.25, 0.3) is 10.8 Å². The fourth-order valence-corrected chi connectivity index (χ4v) is 3.30. The Bertz CT molecular complexity index is 917. The molecule has 2 aromatic heterocycles. The highest BCUT2D eigenvalue weighted by molar-refractivity contribution is 7.14. The highest BCUT2D eigenvalue weighted by Crippen LogP contribution is 2.40. The number of nitrogens with one attached hydrogen (secondary N) is 2. The molecule has 0 aliphatic heterocycles. The summed E-state index contributed by atoms with van der Waals surface area (Å²) in [5.74, 6) is 2.23. The van der Waals surface area contributed by atoms with E-state index in [2.05, 4.69) is 20.8 Å². The lowest BCUT2D eigenvalue weighted by atomic mass is 10.3. The van der Waals surface area contributed by atoms with Crippen LogP contribution in [0.5, 0.6) is 5.75 Å². The first-order chi connectivity index (χ1) is 12.7. The number of hydrogen-bond donors (Lipinski definition) is 2. The van der Waals surface area contributed by atoms with Crippen molar-refractivity contribution in [2.75, 3.05) is 17.2 Å². The largest absolute Gasteiger partial charge is 0.492 e. The number of carbonyl (C=O) groups excluding carboxylic acids is 1. The van der Waals surface area contributed by atoms with Crippen molar-refractivity contribution in [1.29, 1.82) is 0 Å². The summed E-state index contributed by atoms with van der Waals surface area (Å²) in [7, 11) is 0. The van der Waals surface area contributed by atoms with E-state index in [4.69, 9.17) is 9.26 Å². The molecule has 2 amide bonds. The molecule has 3 aromatic rings. The maximum absolute atomic E-state index is 12.4. The molecule has 0 atom stereocenters. The minimum atomic E-state index is -0.362. The van der Waals surface area contributed by atoms with Crippen LogP contribution < -0.4 is 15.4 Å². The van der Waals surface area contributed by atoms with Gasteiger partial charge in [0.15, 0.2) is 5.82 Å². The van der Waals surface area contributed by atoms with Crippen molar-refractivity contribution in [2.24, 2.45) is 0 Å². The Morgan fingerprint density at radius 2 is 2.08 bits per heavy atom. The fourth-order valence-electron chi connectivity index (χ4n) is 2.53. The van der Waals surface area contributed by atoms with Gasteiger partial charge in [-0.1, -0.05) is 17.3 Å². The van der Waals surface area contributed by atoms with Crippen LogP contribution in [-0.2, 0) is 0 Å². The van der Waals surface area contributed by atoms with Gasteiger partial charge in [0.1, 0.15) is 10.6 Å². The molecule has 7 nitrogen and oxygen atoms in total. The Morgan fingerprint density at radius 1 is 1.27 bits per heavy atom. The Balaban J connectivity index is 1.48. The summed E-state index contributed by atoms with van der Waals surface area (Å²) in [5.41, 5.74) is 1.24. The first kappa shape index (κ1) is 16.6. The summed E-state index contributed by atoms with van der Waals surface area (Å²) in [6, 6.07) is 8.75. The number of benzene rings is 1. The Morgan fingerprint density at radius 3 is 2.88 bits per heavy atom. The third kappa shape index (κ3) is 3.55. The zero-order valence-electron chi connectivity index (χ0n) is 14.2. The molecule has 8 heteroatoms. The average Bonchev–Trinajstić information content (AvgIpc) is 3.19. The van der Waals surface area contributed by atoms with Crippen molar-refractivity contribution >= 4 is 28.7 Å². The monoisotopic (exact) mass is 370 g/mol. The lowest BCUT2D eigenvalue weighted by Gasteiger charge is -2.11. The second-order valence-corrected chi connectivity index (χ2v) is 6.82. The maximum Gasteiger partial charge on any atom is 0.323 e. The van der Waals surface area contributed by atoms with Crippen LogP contribution in [0.2, 0.25) is 0 Å². The molecule has 26 heavy (non-hydrogen) atoms. The van der Waals surface area contributed by atoms with Crippen molar-refractivity contribution in [1.82, 2.24) is 10.1 Å². The molecule has 134 valence electrons. The van der Waals surface area contributed by atoms with Crippen molar-refractivity contribution in [3.8, 4) is 16.5 Å². The quantitative estimate of drug-likeness (QED) is 0.655. The molecule has 0 spiro atoms. The molecular formula is C18H18N4O3S. The minimum Gasteiger partial charge on any atom is -0.492 e. The maximum atomic E-state index is 12.4. The lowest BCUT2D eigenvalue weighted by molar-refractivity contribution is 0.262. The molecule has 2 N–H and O–H groups in total. The second kappa shape index (κ2) is 7.17. The van der Waals surface area contributed by atoms with E-state index in [1.54, 1.807) is 6.07 Å². The third-order valence-electron chi connectivity index (χ3n) is 3.93. The van der Waals surface area contributed by atoms with Gasteiger partial charge in [-0.05, 0) is 43.3 Å². The van der Waals surface area contributed by atoms with Gasteiger partial charge in [-0.15, -0.1) is 11.3 Å². The third-order valence-corrected chi connectivity index (χ3v) is 4.83. The summed E-state index contributed by atoms with van der Waals surface area (Å²) in [4.78, 5) is 17.6. The summed E-state index contributed by atoms with van der Waals surface area (Å²) >= 11 is 1.44. The number of nitrogens with zero attached hydrogens (tertiary/aromatic N) is 2. The van der Waals surface area contributed by atoms with Gasteiger partial charge >= 0.3 is 6.03 Å². The number of aromatic nitrogens is 2. The smallest absolute Gasteiger partial charge is 0.323 e. The number of rotatable bonds is 6. The van der Waals surface area contributed by atoms with E-state index in [-0.39, 0.29) is 6.03 Å². The second-order valence-electron chi connectivity index (χ2n) is 5.90. The van der Waals surface area contributed by atoms with Gasteiger partial charge in [0.25, 0.3) is 5.89 Å². The molecule has 1 aliphatic rings. The van der Waals surface area contributed by atoms with E-state index < -0.39 is 0 Å². The molecule has 1 saturated carbocycles. The summed E-state index contributed by atoms with van der Waals surface area (Å²) in [5, 5.41) is 11.6. The molecule has 2 heterocycles. The Hall–Kier alpha value is -2.87. The van der Waals surface area contributed by atoms with Gasteiger partial charge < -0.3 is 19.9 Å². The topological polar surface area (TPSA) is 89.3 Å². The van der Waals surface area contributed by atoms with Gasteiger partial charge in [-0.3, -0.25) is 0 Å². The first-order valence-electron chi connectivity index (χ1n) is 8.46. The van der Waals surface area contributed by atoms with Gasteiger partial charge in [0.2, 0.25) is 0 Å². The number of hydrogen-bond acceptors (Lipinski definition) is 6. The van der Waals surface area contributed by atoms with Crippen LogP contribution in [0, 0.1) is 0 Å². The SMILES string of the molecule is CCOc1ccccc1NC(=O)Nc1ccsc1-c1nc(C2CC2)no1. The van der Waals surface area contributed by atoms with E-state index in [9.17, 15) is 4.79 Å². The molecule has 4 rings (SSSR count). The predicted octanol–water partition coefficient (Wildman–Crippen LogP) is 4.72. The highest BCUT2D eigenvalue weighted by atomic mass is 32.1. The number of ether oxygens (including phenoxy) is 1. The van der Waals surface area contributed by atoms with Crippen LogP contribution in [0.4, 0.5) is 16.2 Å². The number of para-hydroxylation sites is 2. The normalized spacial score (nSPS) is 13.4. The lowest BCUT2D eigenvalue weighted by Crippen LogP contribution is -2.20. The molecule has 1 aromatic carbocycles. The number of urea groups is 1. The van der Waals surface area contributed by atoms with Crippen molar-refractivity contribution < 1.29 is 14.1 Å². The van der Waals surface area contributed by atoms with E-state index in [1.165, 1.54) is 11.3 Å². The van der Waals surface area contributed by atoms with E-state index in [0.29, 0.717) is 35.5 Å². The number of carbonyl (C=O) groups is 1. The van der Waals surface area contributed by atoms with Crippen LogP contribution in [-0.4, -0.2) is 22.8 Å². The summed E-state index contributed by atoms with van der Waals surface area (Å²) < 4.78 is 10.9. The van der Waals surface area contributed by atoms with E-state index in [1.807, 2.05) is 36.6 Å². The van der Waals surface area contributed by atoms with E-state index >= 15 is 0 Å². The van der Waals surface area contributed by atoms with Gasteiger partial charge in [0.05, 0.1) is 18.0 Å². The van der Waals surface area contributed by atoms with Crippen molar-refractivity contribution in [3.63, 3.8) is 0 Å². The zero-order chi connectivity index (χ0) is 17.9. The van der Waals surface area contributed by atoms with Crippen LogP contribution in [0.15, 0.2) is 40.2 Å². The van der Waals surface area contributed by atoms with Crippen LogP contribution in [0.3, 0.4) is 0 Å². The van der Waals surface area contributed by atoms with Crippen molar-refractivity contribution in [2.45, 2.75) is 25.7 Å². The van der Waals surface area contributed by atoms with Crippen LogP contribution >= 0.6 is 11.3 Å². The van der Waals surface area contributed by atoms with Gasteiger partial charge in [-0.25, -0.2) is 4.79 Å². The van der Waals surface area contributed by atoms with E-state index in [0.717, 1.165) is 23.5 Å². The number of anilines is 2. The van der Waals surface area contributed by atoms with Gasteiger partial charge in [-0.2, -0.15) is 4.98 Å². The Labute approximate surface area is 154 Å². The molecule has 1 fully saturated rings. The minimum absolute atomic E-state index is 0.362. The summed E-state index contributed by atoms with van der Waals surface area (Å²) in [6.07, 6.45) is 2.21. The highest BCUT2D eigenvalue weighted by Gasteiger charge is 2.29. The summed E-state index contributed by atoms with van der Waals surface area (Å²) in [6.45, 7) is 2.42. The number of amides is 2. The molecule has 0 unspecified atom stereocenters. The van der Waals surface area contributed by atoms with Crippen molar-refractivity contribution in [3.05, 3.63) is 41.5 Å². The van der Waals surface area contributed by atoms with Crippen LogP contribution in [0.1, 0.15) is 31.5 Å². The first-order valence-corrected chi connectivity index (χ1v) is 9.34. The molecule has 0 radical (unpaired) electrons. The zero-order valence-corrected chi connectivity index (χ0v) is 15.0. The molecular weight excluding hydrogens is 352 g/mol. The number of thiophene rings is 1. The molecule has 1 aliphatic carbocycles. The Kier molecular flexibility index (Phi) is 4.57. The predicted molar refractivity (Wildman–Crippen MR) is 99.8 cm³/mol.